The number of ether oxygens (including phenoxy) is 1. The van der Waals surface area contributed by atoms with Gasteiger partial charge in [-0.25, -0.2) is 0 Å². The normalized spacial score (nSPS) is 18.1. The van der Waals surface area contributed by atoms with Crippen LogP contribution in [-0.2, 0) is 4.79 Å². The molecule has 0 spiro atoms. The molecule has 5 nitrogen and oxygen atoms in total. The van der Waals surface area contributed by atoms with Crippen molar-refractivity contribution in [3.05, 3.63) is 28.8 Å². The number of halogens is 1. The number of likely N-dealkylation sites (tertiary alicyclic amines) is 1. The van der Waals surface area contributed by atoms with Gasteiger partial charge in [-0.1, -0.05) is 11.6 Å². The molecule has 0 bridgehead atoms. The van der Waals surface area contributed by atoms with Gasteiger partial charge in [0.1, 0.15) is 5.75 Å². The van der Waals surface area contributed by atoms with E-state index in [0.717, 1.165) is 19.3 Å². The number of carbonyl (C=O) groups is 2. The van der Waals surface area contributed by atoms with E-state index >= 15 is 0 Å². The highest BCUT2D eigenvalue weighted by molar-refractivity contribution is 6.32. The summed E-state index contributed by atoms with van der Waals surface area (Å²) in [5, 5.41) is 9.31. The highest BCUT2D eigenvalue weighted by atomic mass is 35.5. The lowest BCUT2D eigenvalue weighted by Gasteiger charge is -2.35. The molecule has 0 aromatic heterocycles. The lowest BCUT2D eigenvalue weighted by Crippen LogP contribution is -2.44. The minimum atomic E-state index is -0.828. The third-order valence-corrected chi connectivity index (χ3v) is 4.29. The summed E-state index contributed by atoms with van der Waals surface area (Å²) < 4.78 is 5.15. The van der Waals surface area contributed by atoms with Crippen molar-refractivity contribution in [3.8, 4) is 5.75 Å². The van der Waals surface area contributed by atoms with E-state index in [9.17, 15) is 9.59 Å². The second-order valence-corrected chi connectivity index (χ2v) is 5.84. The third kappa shape index (κ3) is 3.91. The van der Waals surface area contributed by atoms with Crippen LogP contribution in [0.4, 0.5) is 0 Å². The molecule has 1 aliphatic rings. The number of carboxylic acids is 1. The van der Waals surface area contributed by atoms with Gasteiger partial charge in [-0.2, -0.15) is 0 Å². The van der Waals surface area contributed by atoms with E-state index in [1.807, 2.05) is 0 Å². The summed E-state index contributed by atoms with van der Waals surface area (Å²) >= 11 is 5.98. The van der Waals surface area contributed by atoms with Crippen LogP contribution in [0.1, 0.15) is 42.5 Å². The second-order valence-electron chi connectivity index (χ2n) is 5.43. The van der Waals surface area contributed by atoms with Crippen molar-refractivity contribution in [1.29, 1.82) is 0 Å². The van der Waals surface area contributed by atoms with Gasteiger partial charge >= 0.3 is 5.97 Å². The lowest BCUT2D eigenvalue weighted by molar-refractivity contribution is -0.137. The number of hydrogen-bond donors (Lipinski definition) is 1. The fourth-order valence-corrected chi connectivity index (χ4v) is 3.01. The van der Waals surface area contributed by atoms with Crippen molar-refractivity contribution < 1.29 is 19.4 Å². The van der Waals surface area contributed by atoms with E-state index in [1.54, 1.807) is 23.1 Å². The standard InChI is InChI=1S/C16H20ClNO4/c1-22-14-10-11(5-7-13(14)17)16(21)18-9-3-2-4-12(18)6-8-15(19)20/h5,7,10,12H,2-4,6,8-9H2,1H3,(H,19,20). The van der Waals surface area contributed by atoms with Crippen molar-refractivity contribution in [2.75, 3.05) is 13.7 Å². The number of rotatable bonds is 5. The van der Waals surface area contributed by atoms with Crippen molar-refractivity contribution in [2.45, 2.75) is 38.1 Å². The van der Waals surface area contributed by atoms with Crippen LogP contribution in [0.3, 0.4) is 0 Å². The first-order valence-electron chi connectivity index (χ1n) is 7.39. The van der Waals surface area contributed by atoms with E-state index in [4.69, 9.17) is 21.4 Å². The molecule has 2 rings (SSSR count). The van der Waals surface area contributed by atoms with Crippen molar-refractivity contribution in [3.63, 3.8) is 0 Å². The van der Waals surface area contributed by atoms with Gasteiger partial charge in [0, 0.05) is 24.6 Å². The van der Waals surface area contributed by atoms with Crippen molar-refractivity contribution in [2.24, 2.45) is 0 Å². The number of carboxylic acid groups (broad SMARTS) is 1. The molecule has 1 atom stereocenters. The van der Waals surface area contributed by atoms with Crippen LogP contribution in [0.5, 0.6) is 5.75 Å². The number of nitrogens with zero attached hydrogens (tertiary/aromatic N) is 1. The first-order valence-corrected chi connectivity index (χ1v) is 7.77. The highest BCUT2D eigenvalue weighted by Gasteiger charge is 2.28. The smallest absolute Gasteiger partial charge is 0.303 e. The number of hydrogen-bond acceptors (Lipinski definition) is 3. The van der Waals surface area contributed by atoms with Crippen LogP contribution in [0.15, 0.2) is 18.2 Å². The van der Waals surface area contributed by atoms with Gasteiger partial charge in [-0.05, 0) is 43.9 Å². The molecule has 1 fully saturated rings. The molecule has 1 aliphatic heterocycles. The molecular weight excluding hydrogens is 306 g/mol. The fourth-order valence-electron chi connectivity index (χ4n) is 2.82. The Kier molecular flexibility index (Phi) is 5.66. The third-order valence-electron chi connectivity index (χ3n) is 3.98. The van der Waals surface area contributed by atoms with Crippen LogP contribution >= 0.6 is 11.6 Å². The number of methoxy groups -OCH3 is 1. The molecule has 1 aromatic rings. The molecule has 6 heteroatoms. The zero-order valence-electron chi connectivity index (χ0n) is 12.5. The molecule has 22 heavy (non-hydrogen) atoms. The molecule has 120 valence electrons. The van der Waals surface area contributed by atoms with Gasteiger partial charge in [-0.15, -0.1) is 0 Å². The largest absolute Gasteiger partial charge is 0.495 e. The van der Waals surface area contributed by atoms with Crippen LogP contribution < -0.4 is 4.74 Å². The molecule has 1 heterocycles. The molecular formula is C16H20ClNO4. The zero-order chi connectivity index (χ0) is 16.1. The molecule has 0 aliphatic carbocycles. The Morgan fingerprint density at radius 2 is 2.18 bits per heavy atom. The number of piperidine rings is 1. The Hall–Kier alpha value is -1.75. The van der Waals surface area contributed by atoms with Gasteiger partial charge in [0.2, 0.25) is 0 Å². The summed E-state index contributed by atoms with van der Waals surface area (Å²) in [6.45, 7) is 0.661. The van der Waals surface area contributed by atoms with Gasteiger partial charge in [0.25, 0.3) is 5.91 Å². The molecule has 1 unspecified atom stereocenters. The number of carbonyl (C=O) groups excluding carboxylic acids is 1. The van der Waals surface area contributed by atoms with Crippen LogP contribution in [0, 0.1) is 0 Å². The topological polar surface area (TPSA) is 66.8 Å². The maximum atomic E-state index is 12.7. The van der Waals surface area contributed by atoms with E-state index < -0.39 is 5.97 Å². The Labute approximate surface area is 134 Å². The van der Waals surface area contributed by atoms with E-state index in [1.165, 1.54) is 7.11 Å². The summed E-state index contributed by atoms with van der Waals surface area (Å²) in [7, 11) is 1.51. The minimum absolute atomic E-state index is 0.0148. The van der Waals surface area contributed by atoms with E-state index in [2.05, 4.69) is 0 Å². The van der Waals surface area contributed by atoms with Crippen LogP contribution in [0.25, 0.3) is 0 Å². The second kappa shape index (κ2) is 7.49. The zero-order valence-corrected chi connectivity index (χ0v) is 13.3. The Morgan fingerprint density at radius 1 is 1.41 bits per heavy atom. The average Bonchev–Trinajstić information content (AvgIpc) is 2.53. The molecule has 1 N–H and O–H groups in total. The number of aliphatic carboxylic acids is 1. The lowest BCUT2D eigenvalue weighted by atomic mass is 9.97. The summed E-state index contributed by atoms with van der Waals surface area (Å²) in [4.78, 5) is 25.3. The first kappa shape index (κ1) is 16.6. The summed E-state index contributed by atoms with van der Waals surface area (Å²) in [5.74, 6) is -0.456. The number of amides is 1. The maximum Gasteiger partial charge on any atom is 0.303 e. The summed E-state index contributed by atoms with van der Waals surface area (Å²) in [6, 6.07) is 4.94. The summed E-state index contributed by atoms with van der Waals surface area (Å²) in [6.07, 6.45) is 3.39. The molecule has 1 amide bonds. The predicted molar refractivity (Wildman–Crippen MR) is 83.5 cm³/mol. The SMILES string of the molecule is COc1cc(C(=O)N2CCCCC2CCC(=O)O)ccc1Cl. The van der Waals surface area contributed by atoms with Crippen LogP contribution in [0.2, 0.25) is 5.02 Å². The van der Waals surface area contributed by atoms with Crippen molar-refractivity contribution in [1.82, 2.24) is 4.90 Å². The predicted octanol–water partition coefficient (Wildman–Crippen LogP) is 3.21. The Morgan fingerprint density at radius 3 is 2.86 bits per heavy atom. The molecule has 1 saturated heterocycles. The quantitative estimate of drug-likeness (QED) is 0.902. The van der Waals surface area contributed by atoms with E-state index in [-0.39, 0.29) is 18.4 Å². The maximum absolute atomic E-state index is 12.7. The van der Waals surface area contributed by atoms with Crippen LogP contribution in [-0.4, -0.2) is 41.6 Å². The van der Waals surface area contributed by atoms with E-state index in [0.29, 0.717) is 29.3 Å². The van der Waals surface area contributed by atoms with Crippen molar-refractivity contribution >= 4 is 23.5 Å². The molecule has 1 aromatic carbocycles. The minimum Gasteiger partial charge on any atom is -0.495 e. The highest BCUT2D eigenvalue weighted by Crippen LogP contribution is 2.28. The molecule has 0 saturated carbocycles. The van der Waals surface area contributed by atoms with Gasteiger partial charge < -0.3 is 14.7 Å². The van der Waals surface area contributed by atoms with Gasteiger partial charge in [-0.3, -0.25) is 9.59 Å². The first-order chi connectivity index (χ1) is 10.5. The number of benzene rings is 1. The fraction of sp³-hybridized carbons (Fsp3) is 0.500. The van der Waals surface area contributed by atoms with Gasteiger partial charge in [0.15, 0.2) is 0 Å². The summed E-state index contributed by atoms with van der Waals surface area (Å²) in [5.41, 5.74) is 0.517. The monoisotopic (exact) mass is 325 g/mol. The average molecular weight is 326 g/mol. The molecule has 0 radical (unpaired) electrons. The Balaban J connectivity index is 2.16. The van der Waals surface area contributed by atoms with Gasteiger partial charge in [0.05, 0.1) is 12.1 Å². The Bertz CT molecular complexity index is 561.